The van der Waals surface area contributed by atoms with Crippen molar-refractivity contribution in [3.05, 3.63) is 52.6 Å². The van der Waals surface area contributed by atoms with Gasteiger partial charge in [0.15, 0.2) is 5.78 Å². The number of hydrogen-bond acceptors (Lipinski definition) is 11. The van der Waals surface area contributed by atoms with E-state index in [-0.39, 0.29) is 59.3 Å². The molecule has 0 bridgehead atoms. The van der Waals surface area contributed by atoms with E-state index in [4.69, 9.17) is 28.4 Å². The summed E-state index contributed by atoms with van der Waals surface area (Å²) in [4.78, 5) is 64.0. The van der Waals surface area contributed by atoms with Crippen LogP contribution in [0.1, 0.15) is 91.1 Å². The van der Waals surface area contributed by atoms with Crippen molar-refractivity contribution < 1.29 is 52.4 Å². The Labute approximate surface area is 231 Å². The van der Waals surface area contributed by atoms with Crippen LogP contribution in [0.15, 0.2) is 30.3 Å². The van der Waals surface area contributed by atoms with E-state index in [1.54, 1.807) is 0 Å². The van der Waals surface area contributed by atoms with E-state index in [1.165, 1.54) is 24.3 Å². The van der Waals surface area contributed by atoms with Crippen LogP contribution in [0.2, 0.25) is 0 Å². The average molecular weight is 557 g/mol. The summed E-state index contributed by atoms with van der Waals surface area (Å²) in [6.45, 7) is 6.09. The first-order valence-corrected chi connectivity index (χ1v) is 13.2. The van der Waals surface area contributed by atoms with Gasteiger partial charge in [0.25, 0.3) is 0 Å². The van der Waals surface area contributed by atoms with E-state index < -0.39 is 30.0 Å². The third-order valence-electron chi connectivity index (χ3n) is 5.79. The minimum absolute atomic E-state index is 0.0597. The van der Waals surface area contributed by atoms with Gasteiger partial charge in [-0.2, -0.15) is 0 Å². The minimum Gasteiger partial charge on any atom is -0.434 e. The van der Waals surface area contributed by atoms with Crippen molar-refractivity contribution in [2.45, 2.75) is 59.3 Å². The molecule has 2 aromatic rings. The smallest absolute Gasteiger partial charge is 0.434 e. The van der Waals surface area contributed by atoms with Crippen molar-refractivity contribution in [3.63, 3.8) is 0 Å². The molecule has 1 aliphatic carbocycles. The van der Waals surface area contributed by atoms with Gasteiger partial charge in [-0.15, -0.1) is 0 Å². The first-order chi connectivity index (χ1) is 19.3. The lowest BCUT2D eigenvalue weighted by Crippen LogP contribution is -2.25. The van der Waals surface area contributed by atoms with Crippen molar-refractivity contribution >= 4 is 30.0 Å². The molecule has 0 unspecified atom stereocenters. The predicted octanol–water partition coefficient (Wildman–Crippen LogP) is 6.41. The zero-order chi connectivity index (χ0) is 29.1. The van der Waals surface area contributed by atoms with Gasteiger partial charge in [-0.3, -0.25) is 9.59 Å². The molecule has 0 spiro atoms. The third-order valence-corrected chi connectivity index (χ3v) is 5.79. The van der Waals surface area contributed by atoms with Crippen LogP contribution in [0, 0.1) is 0 Å². The number of rotatable bonds is 12. The molecule has 1 aliphatic rings. The Morgan fingerprint density at radius 2 is 1.10 bits per heavy atom. The van der Waals surface area contributed by atoms with Crippen LogP contribution in [0.4, 0.5) is 14.4 Å². The maximum absolute atomic E-state index is 13.7. The zero-order valence-electron chi connectivity index (χ0n) is 22.7. The predicted molar refractivity (Wildman–Crippen MR) is 140 cm³/mol. The molecule has 2 aromatic carbocycles. The molecule has 11 heteroatoms. The van der Waals surface area contributed by atoms with Gasteiger partial charge in [-0.25, -0.2) is 14.4 Å². The molecule has 0 N–H and O–H groups in total. The van der Waals surface area contributed by atoms with Gasteiger partial charge in [-0.05, 0) is 31.4 Å². The summed E-state index contributed by atoms with van der Waals surface area (Å²) in [5, 5.41) is 0. The minimum atomic E-state index is -1.12. The van der Waals surface area contributed by atoms with Gasteiger partial charge < -0.3 is 28.4 Å². The van der Waals surface area contributed by atoms with Crippen molar-refractivity contribution in [3.8, 4) is 17.2 Å². The molecule has 214 valence electrons. The number of benzene rings is 2. The Morgan fingerprint density at radius 1 is 0.600 bits per heavy atom. The summed E-state index contributed by atoms with van der Waals surface area (Å²) >= 11 is 0. The number of carbonyl (C=O) groups excluding carboxylic acids is 5. The Bertz CT molecular complexity index is 1260. The first-order valence-electron chi connectivity index (χ1n) is 13.2. The van der Waals surface area contributed by atoms with Crippen LogP contribution in [-0.4, -0.2) is 49.9 Å². The quantitative estimate of drug-likeness (QED) is 0.106. The summed E-state index contributed by atoms with van der Waals surface area (Å²) in [5.74, 6) is -2.16. The second-order valence-electron chi connectivity index (χ2n) is 8.84. The molecule has 0 amide bonds. The largest absolute Gasteiger partial charge is 0.513 e. The van der Waals surface area contributed by atoms with E-state index in [1.807, 2.05) is 20.8 Å². The van der Waals surface area contributed by atoms with Gasteiger partial charge in [0, 0.05) is 17.2 Å². The third kappa shape index (κ3) is 7.58. The highest BCUT2D eigenvalue weighted by atomic mass is 16.7. The van der Waals surface area contributed by atoms with Crippen LogP contribution in [0.5, 0.6) is 17.2 Å². The van der Waals surface area contributed by atoms with E-state index in [0.717, 1.165) is 25.3 Å². The molecular formula is C29H32O11. The fraction of sp³-hybridized carbons (Fsp3) is 0.414. The number of ketones is 2. The number of carbonyl (C=O) groups is 5. The molecule has 0 heterocycles. The maximum atomic E-state index is 13.7. The highest BCUT2D eigenvalue weighted by molar-refractivity contribution is 6.30. The summed E-state index contributed by atoms with van der Waals surface area (Å²) in [6, 6.07) is 6.47. The van der Waals surface area contributed by atoms with Gasteiger partial charge in [-0.1, -0.05) is 52.2 Å². The van der Waals surface area contributed by atoms with E-state index in [2.05, 4.69) is 0 Å². The van der Waals surface area contributed by atoms with Crippen LogP contribution in [-0.2, 0) is 14.2 Å². The Balaban J connectivity index is 1.99. The van der Waals surface area contributed by atoms with E-state index >= 15 is 0 Å². The topological polar surface area (TPSA) is 141 Å². The van der Waals surface area contributed by atoms with E-state index in [9.17, 15) is 24.0 Å². The maximum Gasteiger partial charge on any atom is 0.513 e. The molecule has 3 rings (SSSR count). The lowest BCUT2D eigenvalue weighted by Gasteiger charge is -2.22. The molecular weight excluding hydrogens is 524 g/mol. The average Bonchev–Trinajstić information content (AvgIpc) is 2.92. The fourth-order valence-corrected chi connectivity index (χ4v) is 3.72. The number of unbranched alkanes of at least 4 members (excludes halogenated alkanes) is 3. The van der Waals surface area contributed by atoms with Gasteiger partial charge in [0.05, 0.1) is 30.9 Å². The molecule has 0 saturated heterocycles. The monoisotopic (exact) mass is 556 g/mol. The van der Waals surface area contributed by atoms with E-state index in [0.29, 0.717) is 19.3 Å². The molecule has 0 radical (unpaired) electrons. The Kier molecular flexibility index (Phi) is 11.0. The van der Waals surface area contributed by atoms with Gasteiger partial charge in [0.2, 0.25) is 5.78 Å². The summed E-state index contributed by atoms with van der Waals surface area (Å²) in [7, 11) is 0. The lowest BCUT2D eigenvalue weighted by atomic mass is 9.83. The highest BCUT2D eigenvalue weighted by Gasteiger charge is 2.37. The second-order valence-corrected chi connectivity index (χ2v) is 8.84. The fourth-order valence-electron chi connectivity index (χ4n) is 3.72. The van der Waals surface area contributed by atoms with Crippen LogP contribution < -0.4 is 14.2 Å². The summed E-state index contributed by atoms with van der Waals surface area (Å²) in [5.41, 5.74) is -0.734. The highest BCUT2D eigenvalue weighted by Crippen LogP contribution is 2.40. The second kappa shape index (κ2) is 14.7. The molecule has 0 atom stereocenters. The standard InChI is InChI=1S/C29H32O11/c1-4-7-13-35-27(32)38-18-16-20-24(22(17-18)40-29(34)37-15-9-6-3)26(31)23-19(25(20)30)11-10-12-21(23)39-28(33)36-14-8-5-2/h10-12,16-17H,4-9,13-15H2,1-3H3. The molecule has 40 heavy (non-hydrogen) atoms. The molecule has 11 nitrogen and oxygen atoms in total. The first kappa shape index (κ1) is 30.1. The molecule has 0 saturated carbocycles. The van der Waals surface area contributed by atoms with Crippen molar-refractivity contribution in [2.24, 2.45) is 0 Å². The van der Waals surface area contributed by atoms with Gasteiger partial charge >= 0.3 is 18.5 Å². The Morgan fingerprint density at radius 3 is 1.65 bits per heavy atom. The summed E-state index contributed by atoms with van der Waals surface area (Å²) in [6.07, 6.45) is 1.00. The normalized spacial score (nSPS) is 11.7. The van der Waals surface area contributed by atoms with Crippen LogP contribution in [0.3, 0.4) is 0 Å². The molecule has 0 aromatic heterocycles. The van der Waals surface area contributed by atoms with Crippen molar-refractivity contribution in [1.82, 2.24) is 0 Å². The molecule has 0 fully saturated rings. The molecule has 0 aliphatic heterocycles. The number of fused-ring (bicyclic) bond motifs is 2. The lowest BCUT2D eigenvalue weighted by molar-refractivity contribution is 0.0921. The van der Waals surface area contributed by atoms with Crippen LogP contribution in [0.25, 0.3) is 0 Å². The number of ether oxygens (including phenoxy) is 6. The van der Waals surface area contributed by atoms with Gasteiger partial charge in [0.1, 0.15) is 17.2 Å². The van der Waals surface area contributed by atoms with Crippen molar-refractivity contribution in [1.29, 1.82) is 0 Å². The van der Waals surface area contributed by atoms with Crippen molar-refractivity contribution in [2.75, 3.05) is 19.8 Å². The summed E-state index contributed by atoms with van der Waals surface area (Å²) < 4.78 is 30.8. The van der Waals surface area contributed by atoms with Crippen LogP contribution >= 0.6 is 0 Å². The SMILES string of the molecule is CCCCOC(=O)Oc1cc(OC(=O)OCCCC)c2c(c1)C(=O)c1cccc(OC(=O)OCCCC)c1C2=O. The Hall–Kier alpha value is -4.41. The number of hydrogen-bond donors (Lipinski definition) is 0. The zero-order valence-corrected chi connectivity index (χ0v) is 22.7.